The van der Waals surface area contributed by atoms with Crippen molar-refractivity contribution in [1.29, 1.82) is 0 Å². The molecule has 102 valence electrons. The Labute approximate surface area is 116 Å². The molecule has 0 unspecified atom stereocenters. The first-order chi connectivity index (χ1) is 9.19. The van der Waals surface area contributed by atoms with E-state index in [1.807, 2.05) is 12.1 Å². The number of ether oxygens (including phenoxy) is 1. The number of hydrogen-bond acceptors (Lipinski definition) is 2. The minimum Gasteiger partial charge on any atom is -0.490 e. The van der Waals surface area contributed by atoms with Crippen molar-refractivity contribution >= 4 is 0 Å². The van der Waals surface area contributed by atoms with Crippen molar-refractivity contribution in [3.63, 3.8) is 0 Å². The van der Waals surface area contributed by atoms with Gasteiger partial charge in [-0.3, -0.25) is 0 Å². The summed E-state index contributed by atoms with van der Waals surface area (Å²) in [5.74, 6) is 7.78. The summed E-state index contributed by atoms with van der Waals surface area (Å²) in [6.45, 7) is 4.80. The van der Waals surface area contributed by atoms with Gasteiger partial charge in [0.2, 0.25) is 0 Å². The zero-order valence-corrected chi connectivity index (χ0v) is 11.9. The molecule has 2 rings (SSSR count). The number of nitrogens with two attached hydrogens (primary N) is 1. The monoisotopic (exact) mass is 257 g/mol. The Morgan fingerprint density at radius 1 is 1.26 bits per heavy atom. The molecule has 1 aliphatic carbocycles. The van der Waals surface area contributed by atoms with E-state index in [4.69, 9.17) is 10.5 Å². The highest BCUT2D eigenvalue weighted by Gasteiger charge is 2.19. The van der Waals surface area contributed by atoms with Crippen LogP contribution in [0.2, 0.25) is 0 Å². The Kier molecular flexibility index (Phi) is 4.87. The lowest BCUT2D eigenvalue weighted by Crippen LogP contribution is -2.23. The minimum absolute atomic E-state index is 0.385. The van der Waals surface area contributed by atoms with E-state index in [0.717, 1.165) is 22.8 Å². The van der Waals surface area contributed by atoms with Gasteiger partial charge >= 0.3 is 0 Å². The van der Waals surface area contributed by atoms with E-state index in [1.165, 1.54) is 25.7 Å². The molecule has 0 aromatic heterocycles. The summed E-state index contributed by atoms with van der Waals surface area (Å²) >= 11 is 0. The van der Waals surface area contributed by atoms with E-state index in [0.29, 0.717) is 12.6 Å². The van der Waals surface area contributed by atoms with Crippen LogP contribution in [0, 0.1) is 24.7 Å². The van der Waals surface area contributed by atoms with Crippen molar-refractivity contribution < 1.29 is 4.74 Å². The third-order valence-electron chi connectivity index (χ3n) is 3.77. The zero-order chi connectivity index (χ0) is 13.7. The lowest BCUT2D eigenvalue weighted by molar-refractivity contribution is 0.134. The average molecular weight is 257 g/mol. The molecule has 0 aliphatic heterocycles. The highest BCUT2D eigenvalue weighted by Crippen LogP contribution is 2.28. The van der Waals surface area contributed by atoms with Gasteiger partial charge in [-0.25, -0.2) is 0 Å². The van der Waals surface area contributed by atoms with E-state index in [2.05, 4.69) is 31.8 Å². The smallest absolute Gasteiger partial charge is 0.122 e. The van der Waals surface area contributed by atoms with Crippen LogP contribution in [0.1, 0.15) is 43.7 Å². The van der Waals surface area contributed by atoms with Crippen LogP contribution in [0.25, 0.3) is 0 Å². The molecule has 0 radical (unpaired) electrons. The first kappa shape index (κ1) is 14.0. The SMILES string of the molecule is Cc1cc(C#CCN)ccc1OC1CCC(C)CC1. The molecule has 2 nitrogen and oxygen atoms in total. The van der Waals surface area contributed by atoms with Crippen LogP contribution in [0.15, 0.2) is 18.2 Å². The third kappa shape index (κ3) is 4.01. The summed E-state index contributed by atoms with van der Waals surface area (Å²) in [4.78, 5) is 0. The summed E-state index contributed by atoms with van der Waals surface area (Å²) in [7, 11) is 0. The van der Waals surface area contributed by atoms with Gasteiger partial charge in [-0.15, -0.1) is 0 Å². The molecule has 0 spiro atoms. The Bertz CT molecular complexity index is 476. The van der Waals surface area contributed by atoms with Gasteiger partial charge in [0.15, 0.2) is 0 Å². The van der Waals surface area contributed by atoms with Crippen LogP contribution in [-0.4, -0.2) is 12.6 Å². The largest absolute Gasteiger partial charge is 0.490 e. The number of hydrogen-bond donors (Lipinski definition) is 1. The lowest BCUT2D eigenvalue weighted by atomic mass is 9.89. The third-order valence-corrected chi connectivity index (χ3v) is 3.77. The topological polar surface area (TPSA) is 35.2 Å². The molecule has 1 saturated carbocycles. The van der Waals surface area contributed by atoms with Crippen LogP contribution in [0.4, 0.5) is 0 Å². The highest BCUT2D eigenvalue weighted by molar-refractivity contribution is 5.43. The van der Waals surface area contributed by atoms with Crippen LogP contribution in [0.3, 0.4) is 0 Å². The normalized spacial score (nSPS) is 22.5. The zero-order valence-electron chi connectivity index (χ0n) is 11.9. The molecule has 2 heteroatoms. The standard InChI is InChI=1S/C17H23NO/c1-13-5-8-16(9-6-13)19-17-10-7-15(4-3-11-18)12-14(17)2/h7,10,12-13,16H,5-6,8-9,11,18H2,1-2H3. The fourth-order valence-electron chi connectivity index (χ4n) is 2.54. The molecule has 1 aliphatic rings. The fraction of sp³-hybridized carbons (Fsp3) is 0.529. The molecule has 19 heavy (non-hydrogen) atoms. The van der Waals surface area contributed by atoms with E-state index in [9.17, 15) is 0 Å². The molecule has 0 amide bonds. The molecule has 0 saturated heterocycles. The fourth-order valence-corrected chi connectivity index (χ4v) is 2.54. The van der Waals surface area contributed by atoms with Gasteiger partial charge in [-0.2, -0.15) is 0 Å². The molecule has 0 bridgehead atoms. The van der Waals surface area contributed by atoms with Crippen LogP contribution < -0.4 is 10.5 Å². The molecule has 0 atom stereocenters. The maximum Gasteiger partial charge on any atom is 0.122 e. The van der Waals surface area contributed by atoms with E-state index in [-0.39, 0.29) is 0 Å². The predicted octanol–water partition coefficient (Wildman–Crippen LogP) is 3.26. The number of aryl methyl sites for hydroxylation is 1. The van der Waals surface area contributed by atoms with Gasteiger partial charge in [0.1, 0.15) is 5.75 Å². The van der Waals surface area contributed by atoms with Crippen molar-refractivity contribution in [2.24, 2.45) is 11.7 Å². The average Bonchev–Trinajstić information content (AvgIpc) is 2.41. The predicted molar refractivity (Wildman–Crippen MR) is 79.2 cm³/mol. The Balaban J connectivity index is 2.01. The second kappa shape index (κ2) is 6.63. The summed E-state index contributed by atoms with van der Waals surface area (Å²) in [5, 5.41) is 0. The molecular weight excluding hydrogens is 234 g/mol. The molecule has 1 aromatic rings. The minimum atomic E-state index is 0.385. The van der Waals surface area contributed by atoms with Gasteiger partial charge in [0.05, 0.1) is 12.6 Å². The Hall–Kier alpha value is -1.46. The maximum atomic E-state index is 6.12. The highest BCUT2D eigenvalue weighted by atomic mass is 16.5. The molecule has 0 heterocycles. The Morgan fingerprint density at radius 3 is 2.63 bits per heavy atom. The van der Waals surface area contributed by atoms with E-state index >= 15 is 0 Å². The van der Waals surface area contributed by atoms with Crippen LogP contribution in [0.5, 0.6) is 5.75 Å². The second-order valence-electron chi connectivity index (χ2n) is 5.49. The summed E-state index contributed by atoms with van der Waals surface area (Å²) < 4.78 is 6.12. The van der Waals surface area contributed by atoms with Crippen molar-refractivity contribution in [1.82, 2.24) is 0 Å². The number of benzene rings is 1. The van der Waals surface area contributed by atoms with Gasteiger partial charge in [0, 0.05) is 5.56 Å². The second-order valence-corrected chi connectivity index (χ2v) is 5.49. The molecule has 2 N–H and O–H groups in total. The van der Waals surface area contributed by atoms with Crippen molar-refractivity contribution in [3.05, 3.63) is 29.3 Å². The van der Waals surface area contributed by atoms with E-state index < -0.39 is 0 Å². The Morgan fingerprint density at radius 2 is 2.00 bits per heavy atom. The van der Waals surface area contributed by atoms with E-state index in [1.54, 1.807) is 0 Å². The maximum absolute atomic E-state index is 6.12. The van der Waals surface area contributed by atoms with Crippen molar-refractivity contribution in [2.45, 2.75) is 45.6 Å². The quantitative estimate of drug-likeness (QED) is 0.825. The van der Waals surface area contributed by atoms with Crippen molar-refractivity contribution in [2.75, 3.05) is 6.54 Å². The van der Waals surface area contributed by atoms with Crippen LogP contribution in [-0.2, 0) is 0 Å². The van der Waals surface area contributed by atoms with Gasteiger partial charge in [-0.1, -0.05) is 18.8 Å². The first-order valence-electron chi connectivity index (χ1n) is 7.15. The van der Waals surface area contributed by atoms with Gasteiger partial charge in [-0.05, 0) is 62.3 Å². The first-order valence-corrected chi connectivity index (χ1v) is 7.15. The summed E-state index contributed by atoms with van der Waals surface area (Å²) in [6, 6.07) is 6.12. The number of rotatable bonds is 2. The van der Waals surface area contributed by atoms with Crippen molar-refractivity contribution in [3.8, 4) is 17.6 Å². The summed E-state index contributed by atoms with van der Waals surface area (Å²) in [5.41, 5.74) is 7.54. The van der Waals surface area contributed by atoms with Crippen LogP contribution >= 0.6 is 0 Å². The summed E-state index contributed by atoms with van der Waals surface area (Å²) in [6.07, 6.45) is 5.30. The molecule has 1 fully saturated rings. The molecular formula is C17H23NO. The lowest BCUT2D eigenvalue weighted by Gasteiger charge is -2.27. The van der Waals surface area contributed by atoms with Gasteiger partial charge < -0.3 is 10.5 Å². The van der Waals surface area contributed by atoms with Gasteiger partial charge in [0.25, 0.3) is 0 Å². The molecule has 1 aromatic carbocycles.